The smallest absolute Gasteiger partial charge is 0.273 e. The second-order valence-corrected chi connectivity index (χ2v) is 4.06. The van der Waals surface area contributed by atoms with Crippen LogP contribution in [-0.2, 0) is 4.74 Å². The van der Waals surface area contributed by atoms with Crippen LogP contribution in [0.4, 0.5) is 5.69 Å². The summed E-state index contributed by atoms with van der Waals surface area (Å²) in [6.07, 6.45) is -0.541. The van der Waals surface area contributed by atoms with Gasteiger partial charge in [-0.2, -0.15) is 0 Å². The maximum atomic E-state index is 10.5. The molecular formula is C9H8ClNO4. The Morgan fingerprint density at radius 2 is 2.33 bits per heavy atom. The Kier molecular flexibility index (Phi) is 2.28. The van der Waals surface area contributed by atoms with Crippen LogP contribution in [0, 0.1) is 10.1 Å². The molecule has 0 N–H and O–H groups in total. The Hall–Kier alpha value is -1.33. The molecule has 80 valence electrons. The topological polar surface area (TPSA) is 64.9 Å². The lowest BCUT2D eigenvalue weighted by Crippen LogP contribution is -2.07. The molecule has 0 bridgehead atoms. The van der Waals surface area contributed by atoms with Crippen LogP contribution in [-0.4, -0.2) is 16.3 Å². The van der Waals surface area contributed by atoms with E-state index in [-0.39, 0.29) is 5.69 Å². The Labute approximate surface area is 90.7 Å². The second kappa shape index (κ2) is 3.36. The first kappa shape index (κ1) is 10.2. The van der Waals surface area contributed by atoms with Crippen LogP contribution in [0.2, 0.25) is 0 Å². The van der Waals surface area contributed by atoms with Crippen molar-refractivity contribution in [3.8, 4) is 5.75 Å². The molecule has 1 aromatic carbocycles. The van der Waals surface area contributed by atoms with Crippen molar-refractivity contribution in [2.24, 2.45) is 0 Å². The van der Waals surface area contributed by atoms with Gasteiger partial charge in [0.25, 0.3) is 5.69 Å². The zero-order valence-electron chi connectivity index (χ0n) is 7.84. The lowest BCUT2D eigenvalue weighted by atomic mass is 10.3. The summed E-state index contributed by atoms with van der Waals surface area (Å²) in [6.45, 7) is 1.66. The number of epoxide rings is 1. The van der Waals surface area contributed by atoms with Crippen molar-refractivity contribution in [3.63, 3.8) is 0 Å². The molecule has 1 saturated heterocycles. The summed E-state index contributed by atoms with van der Waals surface area (Å²) in [5.74, 6) is 0.374. The Morgan fingerprint density at radius 3 is 2.87 bits per heavy atom. The number of rotatable bonds is 3. The molecule has 2 atom stereocenters. The number of hydrogen-bond acceptors (Lipinski definition) is 4. The highest BCUT2D eigenvalue weighted by Gasteiger charge is 2.53. The summed E-state index contributed by atoms with van der Waals surface area (Å²) in [5, 5.41) is 9.66. The number of nitrogens with zero attached hydrogens (tertiary/aromatic N) is 1. The number of benzene rings is 1. The van der Waals surface area contributed by atoms with Gasteiger partial charge in [0.2, 0.25) is 11.4 Å². The van der Waals surface area contributed by atoms with Crippen LogP contribution in [0.1, 0.15) is 6.92 Å². The van der Waals surface area contributed by atoms with E-state index < -0.39 is 16.3 Å². The number of nitro groups is 1. The first-order chi connectivity index (χ1) is 6.99. The molecule has 0 amide bonds. The van der Waals surface area contributed by atoms with Crippen molar-refractivity contribution in [1.82, 2.24) is 0 Å². The van der Waals surface area contributed by atoms with Gasteiger partial charge in [-0.05, 0) is 13.0 Å². The van der Waals surface area contributed by atoms with Gasteiger partial charge in [-0.15, -0.1) is 0 Å². The van der Waals surface area contributed by atoms with E-state index in [1.54, 1.807) is 19.1 Å². The average molecular weight is 230 g/mol. The van der Waals surface area contributed by atoms with Crippen LogP contribution in [0.3, 0.4) is 0 Å². The molecule has 2 rings (SSSR count). The van der Waals surface area contributed by atoms with E-state index in [0.717, 1.165) is 0 Å². The minimum atomic E-state index is -0.815. The van der Waals surface area contributed by atoms with Gasteiger partial charge < -0.3 is 9.47 Å². The molecule has 5 nitrogen and oxygen atoms in total. The van der Waals surface area contributed by atoms with Crippen LogP contribution < -0.4 is 4.74 Å². The fourth-order valence-corrected chi connectivity index (χ4v) is 1.22. The van der Waals surface area contributed by atoms with E-state index in [1.807, 2.05) is 0 Å². The summed E-state index contributed by atoms with van der Waals surface area (Å²) in [4.78, 5) is 9.99. The van der Waals surface area contributed by atoms with E-state index in [0.29, 0.717) is 5.75 Å². The fourth-order valence-electron chi connectivity index (χ4n) is 1.10. The van der Waals surface area contributed by atoms with Gasteiger partial charge in [-0.1, -0.05) is 17.7 Å². The predicted octanol–water partition coefficient (Wildman–Crippen LogP) is 2.28. The molecule has 1 aliphatic rings. The minimum absolute atomic E-state index is 0.0237. The molecule has 6 heteroatoms. The lowest BCUT2D eigenvalue weighted by molar-refractivity contribution is -0.384. The molecule has 0 radical (unpaired) electrons. The molecule has 1 aliphatic heterocycles. The zero-order chi connectivity index (χ0) is 11.1. The van der Waals surface area contributed by atoms with E-state index in [9.17, 15) is 10.1 Å². The second-order valence-electron chi connectivity index (χ2n) is 3.31. The fraction of sp³-hybridized carbons (Fsp3) is 0.333. The Morgan fingerprint density at radius 1 is 1.67 bits per heavy atom. The molecule has 0 saturated carbocycles. The monoisotopic (exact) mass is 229 g/mol. The van der Waals surface area contributed by atoms with Gasteiger partial charge in [0.05, 0.1) is 11.0 Å². The van der Waals surface area contributed by atoms with Crippen molar-refractivity contribution in [2.75, 3.05) is 0 Å². The van der Waals surface area contributed by atoms with Crippen molar-refractivity contribution in [3.05, 3.63) is 34.4 Å². The number of hydrogen-bond donors (Lipinski definition) is 0. The van der Waals surface area contributed by atoms with Gasteiger partial charge >= 0.3 is 0 Å². The highest BCUT2D eigenvalue weighted by atomic mass is 35.5. The molecule has 15 heavy (non-hydrogen) atoms. The van der Waals surface area contributed by atoms with E-state index in [2.05, 4.69) is 0 Å². The van der Waals surface area contributed by atoms with Crippen LogP contribution in [0.5, 0.6) is 5.75 Å². The average Bonchev–Trinajstić information content (AvgIpc) is 2.74. The van der Waals surface area contributed by atoms with Gasteiger partial charge in [-0.3, -0.25) is 10.1 Å². The SMILES string of the molecule is CC1(Cl)OC1Oc1cccc([N+](=O)[O-])c1. The normalized spacial score (nSPS) is 28.5. The van der Waals surface area contributed by atoms with Gasteiger partial charge in [0.1, 0.15) is 5.75 Å². The van der Waals surface area contributed by atoms with Crippen molar-refractivity contribution < 1.29 is 14.4 Å². The number of non-ortho nitro benzene ring substituents is 1. The molecule has 0 aliphatic carbocycles. The van der Waals surface area contributed by atoms with Crippen LogP contribution >= 0.6 is 11.6 Å². The van der Waals surface area contributed by atoms with Crippen molar-refractivity contribution in [2.45, 2.75) is 18.3 Å². The quantitative estimate of drug-likeness (QED) is 0.345. The molecule has 0 spiro atoms. The van der Waals surface area contributed by atoms with Gasteiger partial charge in [0.15, 0.2) is 0 Å². The standard InChI is InChI=1S/C9H8ClNO4/c1-9(10)8(15-9)14-7-4-2-3-6(5-7)11(12)13/h2-5,8H,1H3. The lowest BCUT2D eigenvalue weighted by Gasteiger charge is -2.02. The van der Waals surface area contributed by atoms with Crippen molar-refractivity contribution in [1.29, 1.82) is 0 Å². The summed E-state index contributed by atoms with van der Waals surface area (Å²) in [5.41, 5.74) is -0.0237. The highest BCUT2D eigenvalue weighted by Crippen LogP contribution is 2.41. The maximum absolute atomic E-state index is 10.5. The summed E-state index contributed by atoms with van der Waals surface area (Å²) in [7, 11) is 0. The third kappa shape index (κ3) is 2.19. The molecule has 1 heterocycles. The van der Waals surface area contributed by atoms with Crippen LogP contribution in [0.25, 0.3) is 0 Å². The Balaban J connectivity index is 2.09. The van der Waals surface area contributed by atoms with Gasteiger partial charge in [0, 0.05) is 6.07 Å². The number of ether oxygens (including phenoxy) is 2. The molecule has 1 aromatic rings. The van der Waals surface area contributed by atoms with Crippen molar-refractivity contribution >= 4 is 17.3 Å². The van der Waals surface area contributed by atoms with Crippen LogP contribution in [0.15, 0.2) is 24.3 Å². The number of nitro benzene ring substituents is 1. The largest absolute Gasteiger partial charge is 0.460 e. The first-order valence-corrected chi connectivity index (χ1v) is 4.65. The Bertz CT molecular complexity index is 407. The maximum Gasteiger partial charge on any atom is 0.273 e. The summed E-state index contributed by atoms with van der Waals surface area (Å²) < 4.78 is 10.3. The van der Waals surface area contributed by atoms with Gasteiger partial charge in [-0.25, -0.2) is 0 Å². The molecular weight excluding hydrogens is 222 g/mol. The third-order valence-corrected chi connectivity index (χ3v) is 2.24. The number of alkyl halides is 1. The highest BCUT2D eigenvalue weighted by molar-refractivity contribution is 6.24. The molecule has 2 unspecified atom stereocenters. The summed E-state index contributed by atoms with van der Waals surface area (Å²) >= 11 is 5.78. The zero-order valence-corrected chi connectivity index (χ0v) is 8.60. The van der Waals surface area contributed by atoms with E-state index in [1.165, 1.54) is 12.1 Å². The molecule has 0 aromatic heterocycles. The molecule has 1 fully saturated rings. The van der Waals surface area contributed by atoms with E-state index >= 15 is 0 Å². The summed E-state index contributed by atoms with van der Waals surface area (Å²) in [6, 6.07) is 5.87. The minimum Gasteiger partial charge on any atom is -0.460 e. The van der Waals surface area contributed by atoms with E-state index in [4.69, 9.17) is 21.1 Å². The number of halogens is 1. The third-order valence-electron chi connectivity index (χ3n) is 1.97. The predicted molar refractivity (Wildman–Crippen MR) is 52.9 cm³/mol. The first-order valence-electron chi connectivity index (χ1n) is 4.27.